The summed E-state index contributed by atoms with van der Waals surface area (Å²) in [4.78, 5) is 23.9. The van der Waals surface area contributed by atoms with Gasteiger partial charge in [-0.2, -0.15) is 8.78 Å². The van der Waals surface area contributed by atoms with Gasteiger partial charge in [0.25, 0.3) is 5.91 Å². The molecule has 2 aliphatic rings. The first-order valence-corrected chi connectivity index (χ1v) is 12.5. The average molecular weight is 458 g/mol. The Morgan fingerprint density at radius 2 is 1.84 bits per heavy atom. The van der Waals surface area contributed by atoms with Crippen LogP contribution in [0.4, 0.5) is 8.78 Å². The highest BCUT2D eigenvalue weighted by molar-refractivity contribution is 5.86. The molecule has 0 aromatic heterocycles. The van der Waals surface area contributed by atoms with E-state index in [2.05, 4.69) is 0 Å². The normalized spacial score (nSPS) is 23.7. The topological polar surface area (TPSA) is 77.8 Å². The quantitative estimate of drug-likeness (QED) is 0.264. The molecule has 2 fully saturated rings. The number of aliphatic hydroxyl groups is 1. The highest BCUT2D eigenvalue weighted by Crippen LogP contribution is 2.35. The number of nitrogens with zero attached hydrogens (tertiary/aromatic N) is 1. The number of rotatable bonds is 14. The summed E-state index contributed by atoms with van der Waals surface area (Å²) in [6.07, 6.45) is 14.3. The number of likely N-dealkylation sites (tertiary alicyclic amines) is 1. The van der Waals surface area contributed by atoms with Crippen LogP contribution in [0.2, 0.25) is 0 Å². The Morgan fingerprint density at radius 3 is 2.53 bits per heavy atom. The van der Waals surface area contributed by atoms with Crippen LogP contribution in [0.25, 0.3) is 0 Å². The number of hydrogen-bond acceptors (Lipinski definition) is 3. The maximum absolute atomic E-state index is 14.0. The van der Waals surface area contributed by atoms with E-state index >= 15 is 0 Å². The first kappa shape index (κ1) is 26.7. The molecule has 0 radical (unpaired) electrons. The van der Waals surface area contributed by atoms with Gasteiger partial charge in [-0.15, -0.1) is 0 Å². The Hall–Kier alpha value is -1.50. The van der Waals surface area contributed by atoms with Gasteiger partial charge in [-0.05, 0) is 31.1 Å². The summed E-state index contributed by atoms with van der Waals surface area (Å²) < 4.78 is 28.1. The number of carbonyl (C=O) groups is 2. The first-order chi connectivity index (χ1) is 15.2. The van der Waals surface area contributed by atoms with Crippen molar-refractivity contribution < 1.29 is 28.6 Å². The number of aliphatic hydroxyl groups excluding tert-OH is 1. The van der Waals surface area contributed by atoms with E-state index < -0.39 is 36.4 Å². The fraction of sp³-hybridized carbons (Fsp3) is 0.840. The molecule has 5 nitrogen and oxygen atoms in total. The molecule has 0 aromatic carbocycles. The number of carboxylic acid groups (broad SMARTS) is 1. The van der Waals surface area contributed by atoms with Crippen molar-refractivity contribution >= 4 is 11.9 Å². The molecule has 1 aliphatic heterocycles. The summed E-state index contributed by atoms with van der Waals surface area (Å²) in [6, 6.07) is -0.708. The largest absolute Gasteiger partial charge is 0.481 e. The zero-order chi connectivity index (χ0) is 23.6. The fourth-order valence-corrected chi connectivity index (χ4v) is 4.98. The van der Waals surface area contributed by atoms with Gasteiger partial charge in [-0.25, -0.2) is 0 Å². The van der Waals surface area contributed by atoms with E-state index in [4.69, 9.17) is 5.11 Å². The zero-order valence-electron chi connectivity index (χ0n) is 19.5. The highest BCUT2D eigenvalue weighted by Gasteiger charge is 2.52. The van der Waals surface area contributed by atoms with Crippen molar-refractivity contribution in [2.45, 2.75) is 115 Å². The molecule has 2 N–H and O–H groups in total. The van der Waals surface area contributed by atoms with Gasteiger partial charge in [-0.3, -0.25) is 9.59 Å². The third-order valence-corrected chi connectivity index (χ3v) is 7.09. The van der Waals surface area contributed by atoms with Gasteiger partial charge in [0.15, 0.2) is 0 Å². The number of unbranched alkanes of at least 4 members (excludes halogenated alkanes) is 3. The maximum atomic E-state index is 14.0. The molecule has 1 saturated carbocycles. The van der Waals surface area contributed by atoms with Crippen molar-refractivity contribution in [1.29, 1.82) is 0 Å². The van der Waals surface area contributed by atoms with Gasteiger partial charge in [0.2, 0.25) is 0 Å². The molecule has 1 aliphatic carbocycles. The third-order valence-electron chi connectivity index (χ3n) is 7.09. The first-order valence-electron chi connectivity index (χ1n) is 12.5. The molecule has 2 rings (SSSR count). The molecule has 7 heteroatoms. The maximum Gasteiger partial charge on any atom is 0.327 e. The zero-order valence-corrected chi connectivity index (χ0v) is 19.5. The Balaban J connectivity index is 1.77. The summed E-state index contributed by atoms with van der Waals surface area (Å²) >= 11 is 0. The van der Waals surface area contributed by atoms with E-state index in [1.807, 2.05) is 6.92 Å². The summed E-state index contributed by atoms with van der Waals surface area (Å²) in [5.41, 5.74) is 0. The van der Waals surface area contributed by atoms with Crippen LogP contribution >= 0.6 is 0 Å². The summed E-state index contributed by atoms with van der Waals surface area (Å²) in [6.45, 7) is 2.21. The molecular weight excluding hydrogens is 416 g/mol. The minimum absolute atomic E-state index is 0.0511. The second-order valence-corrected chi connectivity index (χ2v) is 9.82. The molecule has 0 aromatic rings. The molecule has 0 bridgehead atoms. The Kier molecular flexibility index (Phi) is 11.1. The number of hydrogen-bond donors (Lipinski definition) is 2. The average Bonchev–Trinajstić information content (AvgIpc) is 2.97. The van der Waals surface area contributed by atoms with E-state index in [1.54, 1.807) is 12.2 Å². The van der Waals surface area contributed by atoms with Crippen LogP contribution in [0.3, 0.4) is 0 Å². The summed E-state index contributed by atoms with van der Waals surface area (Å²) in [5, 5.41) is 19.1. The van der Waals surface area contributed by atoms with Crippen LogP contribution in [0.1, 0.15) is 96.8 Å². The Labute approximate surface area is 191 Å². The van der Waals surface area contributed by atoms with Crippen molar-refractivity contribution in [2.24, 2.45) is 11.8 Å². The van der Waals surface area contributed by atoms with Gasteiger partial charge in [0.1, 0.15) is 0 Å². The Bertz CT molecular complexity index is 619. The second kappa shape index (κ2) is 13.3. The molecule has 1 amide bonds. The van der Waals surface area contributed by atoms with Gasteiger partial charge >= 0.3 is 11.9 Å². The summed E-state index contributed by atoms with van der Waals surface area (Å²) in [7, 11) is 0. The fourth-order valence-electron chi connectivity index (χ4n) is 4.98. The van der Waals surface area contributed by atoms with Gasteiger partial charge in [-0.1, -0.05) is 76.9 Å². The minimum atomic E-state index is -3.37. The van der Waals surface area contributed by atoms with Gasteiger partial charge in [0.05, 0.1) is 12.1 Å². The van der Waals surface area contributed by atoms with Gasteiger partial charge in [0, 0.05) is 19.4 Å². The SMILES string of the molecule is C[C@@H](CCCC1CCCCC1)[C@H](O)C=C[C@H]1CC(F)(F)C(=O)N1CCCCCCC(=O)O. The van der Waals surface area contributed by atoms with E-state index in [1.165, 1.54) is 43.4 Å². The molecule has 184 valence electrons. The lowest BCUT2D eigenvalue weighted by atomic mass is 9.84. The van der Waals surface area contributed by atoms with Crippen LogP contribution < -0.4 is 0 Å². The molecule has 1 heterocycles. The smallest absolute Gasteiger partial charge is 0.327 e. The molecule has 1 saturated heterocycles. The standard InChI is InChI=1S/C25H41F2NO4/c1-19(10-9-13-20-11-5-4-6-12-20)22(29)16-15-21-18-25(26,27)24(32)28(21)17-8-3-2-7-14-23(30)31/h15-16,19-22,29H,2-14,17-18H2,1H3,(H,30,31)/t19-,21-,22+/m0/s1. The number of alkyl halides is 2. The molecule has 0 spiro atoms. The predicted molar refractivity (Wildman–Crippen MR) is 121 cm³/mol. The highest BCUT2D eigenvalue weighted by atomic mass is 19.3. The minimum Gasteiger partial charge on any atom is -0.481 e. The molecule has 3 atom stereocenters. The van der Waals surface area contributed by atoms with Crippen LogP contribution in [0.5, 0.6) is 0 Å². The predicted octanol–water partition coefficient (Wildman–Crippen LogP) is 5.56. The van der Waals surface area contributed by atoms with Crippen molar-refractivity contribution in [3.63, 3.8) is 0 Å². The van der Waals surface area contributed by atoms with Crippen LogP contribution in [0, 0.1) is 11.8 Å². The second-order valence-electron chi connectivity index (χ2n) is 9.82. The summed E-state index contributed by atoms with van der Waals surface area (Å²) in [5.74, 6) is -4.49. The Morgan fingerprint density at radius 1 is 1.16 bits per heavy atom. The number of aliphatic carboxylic acids is 1. The van der Waals surface area contributed by atoms with Crippen molar-refractivity contribution in [1.82, 2.24) is 4.90 Å². The molecule has 32 heavy (non-hydrogen) atoms. The lowest BCUT2D eigenvalue weighted by Crippen LogP contribution is -2.36. The van der Waals surface area contributed by atoms with Crippen LogP contribution in [-0.2, 0) is 9.59 Å². The van der Waals surface area contributed by atoms with Crippen molar-refractivity contribution in [2.75, 3.05) is 6.54 Å². The van der Waals surface area contributed by atoms with E-state index in [9.17, 15) is 23.5 Å². The van der Waals surface area contributed by atoms with E-state index in [-0.39, 0.29) is 18.9 Å². The molecule has 0 unspecified atom stereocenters. The van der Waals surface area contributed by atoms with Crippen LogP contribution in [-0.4, -0.2) is 51.6 Å². The monoisotopic (exact) mass is 457 g/mol. The van der Waals surface area contributed by atoms with E-state index in [0.29, 0.717) is 25.7 Å². The van der Waals surface area contributed by atoms with Gasteiger partial charge < -0.3 is 15.1 Å². The van der Waals surface area contributed by atoms with E-state index in [0.717, 1.165) is 18.8 Å². The number of halogens is 2. The van der Waals surface area contributed by atoms with Crippen molar-refractivity contribution in [3.8, 4) is 0 Å². The van der Waals surface area contributed by atoms with Crippen molar-refractivity contribution in [3.05, 3.63) is 12.2 Å². The number of carboxylic acids is 1. The lowest BCUT2D eigenvalue weighted by Gasteiger charge is -2.23. The number of carbonyl (C=O) groups excluding carboxylic acids is 1. The lowest BCUT2D eigenvalue weighted by molar-refractivity contribution is -0.148. The molecular formula is C25H41F2NO4. The third kappa shape index (κ3) is 8.80. The van der Waals surface area contributed by atoms with Crippen LogP contribution in [0.15, 0.2) is 12.2 Å². The number of amides is 1.